The lowest BCUT2D eigenvalue weighted by molar-refractivity contribution is 0.341. The summed E-state index contributed by atoms with van der Waals surface area (Å²) in [5.41, 5.74) is 0.822. The zero-order valence-electron chi connectivity index (χ0n) is 12.4. The molecule has 0 aliphatic carbocycles. The van der Waals surface area contributed by atoms with Crippen LogP contribution >= 0.6 is 0 Å². The number of halogens is 1. The van der Waals surface area contributed by atoms with Gasteiger partial charge in [-0.2, -0.15) is 0 Å². The Kier molecular flexibility index (Phi) is 6.05. The third-order valence-corrected chi connectivity index (χ3v) is 4.33. The van der Waals surface area contributed by atoms with E-state index < -0.39 is 17.2 Å². The summed E-state index contributed by atoms with van der Waals surface area (Å²) in [4.78, 5) is 0. The van der Waals surface area contributed by atoms with Crippen molar-refractivity contribution >= 4 is 11.4 Å². The maximum Gasteiger partial charge on any atom is 0.165 e. The standard InChI is InChI=1S/C15H22FNO2S/c1-6-9-19-14-10-12(7-8-13(14)16)11(2)17-20(18)15(3,4)5/h6-8,10-11,17H,1,9H2,2-5H3/t11-,20?/m0/s1. The Labute approximate surface area is 123 Å². The number of nitrogens with one attached hydrogen (secondary N) is 1. The van der Waals surface area contributed by atoms with Crippen LogP contribution in [0.3, 0.4) is 0 Å². The van der Waals surface area contributed by atoms with Gasteiger partial charge in [0.15, 0.2) is 11.6 Å². The Morgan fingerprint density at radius 3 is 2.70 bits per heavy atom. The second-order valence-corrected chi connectivity index (χ2v) is 7.51. The first-order valence-electron chi connectivity index (χ1n) is 6.47. The molecule has 0 amide bonds. The van der Waals surface area contributed by atoms with E-state index >= 15 is 0 Å². The zero-order valence-corrected chi connectivity index (χ0v) is 13.2. The molecule has 20 heavy (non-hydrogen) atoms. The van der Waals surface area contributed by atoms with E-state index in [-0.39, 0.29) is 23.1 Å². The van der Waals surface area contributed by atoms with E-state index in [0.717, 1.165) is 5.56 Å². The van der Waals surface area contributed by atoms with E-state index in [0.29, 0.717) is 0 Å². The predicted molar refractivity (Wildman–Crippen MR) is 81.5 cm³/mol. The van der Waals surface area contributed by atoms with Crippen LogP contribution in [-0.4, -0.2) is 15.9 Å². The van der Waals surface area contributed by atoms with Crippen LogP contribution in [0, 0.1) is 5.82 Å². The van der Waals surface area contributed by atoms with Crippen LogP contribution in [0.4, 0.5) is 4.39 Å². The molecule has 1 rings (SSSR count). The third-order valence-electron chi connectivity index (χ3n) is 2.65. The maximum atomic E-state index is 13.6. The Morgan fingerprint density at radius 1 is 1.50 bits per heavy atom. The number of hydrogen-bond donors (Lipinski definition) is 1. The predicted octanol–water partition coefficient (Wildman–Crippen LogP) is 3.50. The number of ether oxygens (including phenoxy) is 1. The second kappa shape index (κ2) is 7.11. The SMILES string of the molecule is C=CCOc1cc([C@H](C)N[S+]([O-])C(C)(C)C)ccc1F. The van der Waals surface area contributed by atoms with E-state index in [2.05, 4.69) is 11.3 Å². The first-order valence-corrected chi connectivity index (χ1v) is 7.62. The van der Waals surface area contributed by atoms with Gasteiger partial charge in [0.1, 0.15) is 11.4 Å². The van der Waals surface area contributed by atoms with Crippen LogP contribution < -0.4 is 9.46 Å². The fourth-order valence-electron chi connectivity index (χ4n) is 1.45. The molecule has 0 aliphatic heterocycles. The van der Waals surface area contributed by atoms with Gasteiger partial charge in [0.25, 0.3) is 0 Å². The molecular formula is C15H22FNO2S. The molecule has 0 spiro atoms. The quantitative estimate of drug-likeness (QED) is 0.646. The molecule has 0 fully saturated rings. The Hall–Kier alpha value is -1.04. The minimum Gasteiger partial charge on any atom is -0.598 e. The fourth-order valence-corrected chi connectivity index (χ4v) is 2.26. The van der Waals surface area contributed by atoms with Crippen molar-refractivity contribution in [2.24, 2.45) is 0 Å². The normalized spacial score (nSPS) is 14.7. The molecule has 0 radical (unpaired) electrons. The van der Waals surface area contributed by atoms with Crippen molar-refractivity contribution in [2.75, 3.05) is 6.61 Å². The van der Waals surface area contributed by atoms with Gasteiger partial charge in [0.05, 0.1) is 6.04 Å². The molecule has 0 bridgehead atoms. The topological polar surface area (TPSA) is 44.3 Å². The van der Waals surface area contributed by atoms with Crippen molar-refractivity contribution < 1.29 is 13.7 Å². The molecule has 5 heteroatoms. The molecule has 0 saturated heterocycles. The first kappa shape index (κ1) is 17.0. The van der Waals surface area contributed by atoms with Crippen LogP contribution in [0.25, 0.3) is 0 Å². The summed E-state index contributed by atoms with van der Waals surface area (Å²) in [6, 6.07) is 4.47. The molecule has 1 N–H and O–H groups in total. The highest BCUT2D eigenvalue weighted by molar-refractivity contribution is 7.90. The number of rotatable bonds is 6. The van der Waals surface area contributed by atoms with E-state index in [1.807, 2.05) is 27.7 Å². The molecule has 0 saturated carbocycles. The smallest absolute Gasteiger partial charge is 0.165 e. The van der Waals surface area contributed by atoms with Gasteiger partial charge in [0.2, 0.25) is 0 Å². The average Bonchev–Trinajstić information content (AvgIpc) is 2.36. The minimum absolute atomic E-state index is 0.165. The summed E-state index contributed by atoms with van der Waals surface area (Å²) in [5.74, 6) is -0.239. The number of hydrogen-bond acceptors (Lipinski definition) is 3. The highest BCUT2D eigenvalue weighted by atomic mass is 32.2. The summed E-state index contributed by atoms with van der Waals surface area (Å²) >= 11 is -1.19. The van der Waals surface area contributed by atoms with Crippen molar-refractivity contribution in [1.82, 2.24) is 4.72 Å². The van der Waals surface area contributed by atoms with Crippen LogP contribution in [0.1, 0.15) is 39.3 Å². The third kappa shape index (κ3) is 4.81. The second-order valence-electron chi connectivity index (χ2n) is 5.51. The minimum atomic E-state index is -1.19. The van der Waals surface area contributed by atoms with Crippen LogP contribution in [0.2, 0.25) is 0 Å². The molecular weight excluding hydrogens is 277 g/mol. The lowest BCUT2D eigenvalue weighted by Gasteiger charge is -2.26. The zero-order chi connectivity index (χ0) is 15.3. The van der Waals surface area contributed by atoms with E-state index in [9.17, 15) is 8.94 Å². The molecule has 0 heterocycles. The van der Waals surface area contributed by atoms with Gasteiger partial charge >= 0.3 is 0 Å². The van der Waals surface area contributed by atoms with Crippen LogP contribution in [0.5, 0.6) is 5.75 Å². The molecule has 1 aromatic carbocycles. The van der Waals surface area contributed by atoms with Gasteiger partial charge in [-0.15, -0.1) is 4.72 Å². The first-order chi connectivity index (χ1) is 9.25. The van der Waals surface area contributed by atoms with Gasteiger partial charge in [-0.3, -0.25) is 0 Å². The summed E-state index contributed by atoms with van der Waals surface area (Å²) in [5, 5.41) is 0. The van der Waals surface area contributed by atoms with Crippen LogP contribution in [0.15, 0.2) is 30.9 Å². The molecule has 0 aromatic heterocycles. The molecule has 112 valence electrons. The monoisotopic (exact) mass is 299 g/mol. The van der Waals surface area contributed by atoms with Crippen molar-refractivity contribution in [3.8, 4) is 5.75 Å². The van der Waals surface area contributed by atoms with Crippen molar-refractivity contribution in [2.45, 2.75) is 38.5 Å². The summed E-state index contributed by atoms with van der Waals surface area (Å²) in [7, 11) is 0. The van der Waals surface area contributed by atoms with Gasteiger partial charge in [-0.1, -0.05) is 18.7 Å². The molecule has 1 aromatic rings. The Morgan fingerprint density at radius 2 is 2.15 bits per heavy atom. The van der Waals surface area contributed by atoms with Gasteiger partial charge in [0, 0.05) is 11.4 Å². The molecule has 2 atom stereocenters. The van der Waals surface area contributed by atoms with Gasteiger partial charge in [-0.05, 0) is 45.4 Å². The molecule has 3 nitrogen and oxygen atoms in total. The summed E-state index contributed by atoms with van der Waals surface area (Å²) in [6.45, 7) is 11.3. The van der Waals surface area contributed by atoms with Crippen molar-refractivity contribution in [3.63, 3.8) is 0 Å². The number of benzene rings is 1. The fraction of sp³-hybridized carbons (Fsp3) is 0.467. The summed E-state index contributed by atoms with van der Waals surface area (Å²) < 4.78 is 33.5. The van der Waals surface area contributed by atoms with Gasteiger partial charge < -0.3 is 9.29 Å². The van der Waals surface area contributed by atoms with Crippen molar-refractivity contribution in [1.29, 1.82) is 0 Å². The maximum absolute atomic E-state index is 13.6. The van der Waals surface area contributed by atoms with Gasteiger partial charge in [-0.25, -0.2) is 4.39 Å². The Balaban J connectivity index is 2.82. The van der Waals surface area contributed by atoms with E-state index in [1.165, 1.54) is 6.07 Å². The highest BCUT2D eigenvalue weighted by Crippen LogP contribution is 2.25. The lowest BCUT2D eigenvalue weighted by Crippen LogP contribution is -2.40. The van der Waals surface area contributed by atoms with Crippen molar-refractivity contribution in [3.05, 3.63) is 42.2 Å². The van der Waals surface area contributed by atoms with E-state index in [1.54, 1.807) is 18.2 Å². The Bertz CT molecular complexity index is 460. The largest absolute Gasteiger partial charge is 0.598 e. The molecule has 1 unspecified atom stereocenters. The highest BCUT2D eigenvalue weighted by Gasteiger charge is 2.28. The van der Waals surface area contributed by atoms with E-state index in [4.69, 9.17) is 4.74 Å². The lowest BCUT2D eigenvalue weighted by atomic mass is 10.1. The molecule has 0 aliphatic rings. The average molecular weight is 299 g/mol. The summed E-state index contributed by atoms with van der Waals surface area (Å²) in [6.07, 6.45) is 1.56. The van der Waals surface area contributed by atoms with Crippen LogP contribution in [-0.2, 0) is 11.4 Å².